The minimum absolute atomic E-state index is 0.192. The van der Waals surface area contributed by atoms with Crippen LogP contribution < -0.4 is 10.5 Å². The Balaban J connectivity index is 1.82. The van der Waals surface area contributed by atoms with Gasteiger partial charge in [-0.2, -0.15) is 0 Å². The molecule has 1 amide bonds. The molecule has 166 valence electrons. The van der Waals surface area contributed by atoms with Crippen LogP contribution in [0, 0.1) is 6.92 Å². The Morgan fingerprint density at radius 3 is 2.59 bits per heavy atom. The number of piperidine rings is 1. The number of hydrogen-bond donors (Lipinski definition) is 0. The molecule has 4 rings (SSSR count). The monoisotopic (exact) mass is 432 g/mol. The Morgan fingerprint density at radius 2 is 1.88 bits per heavy atom. The van der Waals surface area contributed by atoms with Crippen LogP contribution in [-0.2, 0) is 7.05 Å². The average Bonchev–Trinajstić information content (AvgIpc) is 2.82. The van der Waals surface area contributed by atoms with Crippen LogP contribution in [0.4, 0.5) is 5.95 Å². The van der Waals surface area contributed by atoms with Crippen molar-refractivity contribution in [1.82, 2.24) is 24.4 Å². The molecule has 32 heavy (non-hydrogen) atoms. The number of carbonyl (C=O) groups excluding carboxylic acids is 1. The van der Waals surface area contributed by atoms with E-state index in [-0.39, 0.29) is 23.1 Å². The van der Waals surface area contributed by atoms with E-state index in [1.165, 1.54) is 4.57 Å². The van der Waals surface area contributed by atoms with E-state index >= 15 is 0 Å². The van der Waals surface area contributed by atoms with E-state index < -0.39 is 0 Å². The summed E-state index contributed by atoms with van der Waals surface area (Å²) in [5, 5.41) is 0. The molecule has 1 aliphatic rings. The maximum Gasteiger partial charge on any atom is 0.263 e. The highest BCUT2D eigenvalue weighted by Crippen LogP contribution is 2.36. The van der Waals surface area contributed by atoms with Gasteiger partial charge < -0.3 is 14.4 Å². The number of aromatic nitrogens is 4. The lowest BCUT2D eigenvalue weighted by Crippen LogP contribution is -2.42. The summed E-state index contributed by atoms with van der Waals surface area (Å²) in [6, 6.07) is 7.04. The molecule has 0 N–H and O–H groups in total. The molecule has 1 atom stereocenters. The first kappa shape index (κ1) is 21.7. The van der Waals surface area contributed by atoms with Crippen molar-refractivity contribution in [2.45, 2.75) is 32.2 Å². The fraction of sp³-hybridized carbons (Fsp3) is 0.375. The Kier molecular flexibility index (Phi) is 6.03. The first-order valence-electron chi connectivity index (χ1n) is 10.8. The van der Waals surface area contributed by atoms with Gasteiger partial charge in [-0.05, 0) is 56.0 Å². The maximum atomic E-state index is 13.6. The second-order valence-electron chi connectivity index (χ2n) is 8.36. The fourth-order valence-corrected chi connectivity index (χ4v) is 4.11. The van der Waals surface area contributed by atoms with Crippen LogP contribution in [0.25, 0.3) is 11.1 Å². The van der Waals surface area contributed by atoms with Crippen molar-refractivity contribution in [3.05, 3.63) is 70.2 Å². The van der Waals surface area contributed by atoms with Gasteiger partial charge in [0.15, 0.2) is 0 Å². The molecular formula is C24H28N6O2. The van der Waals surface area contributed by atoms with E-state index in [0.717, 1.165) is 41.8 Å². The van der Waals surface area contributed by atoms with E-state index in [9.17, 15) is 9.59 Å². The highest BCUT2D eigenvalue weighted by molar-refractivity contribution is 5.94. The van der Waals surface area contributed by atoms with E-state index in [2.05, 4.69) is 9.97 Å². The minimum atomic E-state index is -0.273. The molecule has 0 spiro atoms. The zero-order chi connectivity index (χ0) is 22.8. The number of likely N-dealkylation sites (tertiary alicyclic amines) is 1. The molecule has 3 aromatic rings. The van der Waals surface area contributed by atoms with Crippen molar-refractivity contribution in [3.63, 3.8) is 0 Å². The summed E-state index contributed by atoms with van der Waals surface area (Å²) in [5.74, 6) is 0.336. The van der Waals surface area contributed by atoms with Gasteiger partial charge >= 0.3 is 0 Å². The lowest BCUT2D eigenvalue weighted by atomic mass is 9.93. The van der Waals surface area contributed by atoms with Crippen LogP contribution in [0.15, 0.2) is 47.7 Å². The Hall–Kier alpha value is -3.55. The van der Waals surface area contributed by atoms with Gasteiger partial charge in [0.05, 0.1) is 11.7 Å². The zero-order valence-electron chi connectivity index (χ0n) is 18.9. The number of carbonyl (C=O) groups is 1. The van der Waals surface area contributed by atoms with Crippen molar-refractivity contribution >= 4 is 11.9 Å². The third-order valence-corrected chi connectivity index (χ3v) is 6.06. The number of aryl methyl sites for hydroxylation is 1. The van der Waals surface area contributed by atoms with Crippen LogP contribution in [0.3, 0.4) is 0 Å². The minimum Gasteiger partial charge on any atom is -0.347 e. The normalized spacial score (nSPS) is 16.1. The molecule has 0 radical (unpaired) electrons. The molecule has 1 aliphatic heterocycles. The van der Waals surface area contributed by atoms with Gasteiger partial charge in [0, 0.05) is 57.5 Å². The summed E-state index contributed by atoms with van der Waals surface area (Å²) in [7, 11) is 5.48. The Morgan fingerprint density at radius 1 is 1.12 bits per heavy atom. The molecule has 1 fully saturated rings. The average molecular weight is 433 g/mol. The number of pyridine rings is 2. The summed E-state index contributed by atoms with van der Waals surface area (Å²) >= 11 is 0. The quantitative estimate of drug-likeness (QED) is 0.630. The van der Waals surface area contributed by atoms with E-state index in [1.807, 2.05) is 55.2 Å². The third-order valence-electron chi connectivity index (χ3n) is 6.06. The molecule has 0 aliphatic carbocycles. The first-order valence-corrected chi connectivity index (χ1v) is 10.8. The molecule has 0 bridgehead atoms. The highest BCUT2D eigenvalue weighted by atomic mass is 16.2. The van der Waals surface area contributed by atoms with Crippen LogP contribution in [0.2, 0.25) is 0 Å². The van der Waals surface area contributed by atoms with E-state index in [1.54, 1.807) is 25.5 Å². The van der Waals surface area contributed by atoms with Crippen molar-refractivity contribution in [1.29, 1.82) is 0 Å². The number of rotatable bonds is 4. The van der Waals surface area contributed by atoms with Gasteiger partial charge in [0.25, 0.3) is 11.5 Å². The standard InChI is InChI=1S/C24H28N6O2/c1-16-8-9-18(22(31)29(16)4)23(32)30-14-6-5-7-20(30)21-19(17-10-12-25-13-11-17)15-26-24(27-21)28(2)3/h8-13,15,20H,5-7,14H2,1-4H3/t20-/m0/s1. The lowest BCUT2D eigenvalue weighted by Gasteiger charge is -2.36. The molecule has 1 saturated heterocycles. The van der Waals surface area contributed by atoms with Gasteiger partial charge in [-0.15, -0.1) is 0 Å². The second-order valence-corrected chi connectivity index (χ2v) is 8.36. The molecule has 0 aromatic carbocycles. The SMILES string of the molecule is Cc1ccc(C(=O)N2CCCC[C@H]2c2nc(N(C)C)ncc2-c2ccncc2)c(=O)n1C. The second kappa shape index (κ2) is 8.90. The summed E-state index contributed by atoms with van der Waals surface area (Å²) in [4.78, 5) is 43.6. The van der Waals surface area contributed by atoms with Gasteiger partial charge in [-0.1, -0.05) is 0 Å². The molecule has 0 saturated carbocycles. The number of hydrogen-bond acceptors (Lipinski definition) is 6. The molecule has 8 nitrogen and oxygen atoms in total. The van der Waals surface area contributed by atoms with Crippen molar-refractivity contribution in [3.8, 4) is 11.1 Å². The van der Waals surface area contributed by atoms with Crippen LogP contribution in [0.1, 0.15) is 47.1 Å². The molecule has 3 aromatic heterocycles. The first-order chi connectivity index (χ1) is 15.4. The Labute approximate surface area is 187 Å². The van der Waals surface area contributed by atoms with Gasteiger partial charge in [0.1, 0.15) is 5.56 Å². The van der Waals surface area contributed by atoms with E-state index in [4.69, 9.17) is 4.98 Å². The topological polar surface area (TPSA) is 84.2 Å². The van der Waals surface area contributed by atoms with Crippen LogP contribution in [0.5, 0.6) is 0 Å². The maximum absolute atomic E-state index is 13.6. The number of amides is 1. The van der Waals surface area contributed by atoms with Crippen molar-refractivity contribution in [2.24, 2.45) is 7.05 Å². The molecule has 8 heteroatoms. The molecular weight excluding hydrogens is 404 g/mol. The van der Waals surface area contributed by atoms with Crippen molar-refractivity contribution < 1.29 is 4.79 Å². The van der Waals surface area contributed by atoms with Crippen LogP contribution in [-0.4, -0.2) is 51.0 Å². The van der Waals surface area contributed by atoms with Gasteiger partial charge in [-0.3, -0.25) is 14.6 Å². The van der Waals surface area contributed by atoms with Gasteiger partial charge in [0.2, 0.25) is 5.95 Å². The summed E-state index contributed by atoms with van der Waals surface area (Å²) in [6.07, 6.45) is 7.94. The summed E-state index contributed by atoms with van der Waals surface area (Å²) < 4.78 is 1.52. The molecule has 0 unspecified atom stereocenters. The summed E-state index contributed by atoms with van der Waals surface area (Å²) in [6.45, 7) is 2.43. The van der Waals surface area contributed by atoms with Gasteiger partial charge in [-0.25, -0.2) is 9.97 Å². The smallest absolute Gasteiger partial charge is 0.263 e. The third kappa shape index (κ3) is 4.00. The lowest BCUT2D eigenvalue weighted by molar-refractivity contribution is 0.0604. The highest BCUT2D eigenvalue weighted by Gasteiger charge is 2.33. The van der Waals surface area contributed by atoms with Crippen molar-refractivity contribution in [2.75, 3.05) is 25.5 Å². The Bertz CT molecular complexity index is 1190. The number of nitrogens with zero attached hydrogens (tertiary/aromatic N) is 6. The largest absolute Gasteiger partial charge is 0.347 e. The van der Waals surface area contributed by atoms with E-state index in [0.29, 0.717) is 12.5 Å². The molecule has 4 heterocycles. The predicted octanol–water partition coefficient (Wildman–Crippen LogP) is 2.98. The van der Waals surface area contributed by atoms with Crippen LogP contribution >= 0.6 is 0 Å². The zero-order valence-corrected chi connectivity index (χ0v) is 18.9. The summed E-state index contributed by atoms with van der Waals surface area (Å²) in [5.41, 5.74) is 3.35. The number of anilines is 1. The fourth-order valence-electron chi connectivity index (χ4n) is 4.11. The predicted molar refractivity (Wildman–Crippen MR) is 124 cm³/mol.